The lowest BCUT2D eigenvalue weighted by Gasteiger charge is -2.36. The van der Waals surface area contributed by atoms with Crippen LogP contribution in [0.15, 0.2) is 59.6 Å². The smallest absolute Gasteiger partial charge is 0.297 e. The molecule has 0 atom stereocenters. The topological polar surface area (TPSA) is 57.5 Å². The van der Waals surface area contributed by atoms with Gasteiger partial charge in [-0.05, 0) is 55.2 Å². The maximum atomic E-state index is 12.5. The van der Waals surface area contributed by atoms with Gasteiger partial charge in [0.15, 0.2) is 8.32 Å². The Bertz CT molecular complexity index is 1160. The molecule has 0 saturated carbocycles. The van der Waals surface area contributed by atoms with Crippen molar-refractivity contribution in [3.05, 3.63) is 65.9 Å². The summed E-state index contributed by atoms with van der Waals surface area (Å²) in [6, 6.07) is 14.9. The van der Waals surface area contributed by atoms with Crippen LogP contribution >= 0.6 is 0 Å². The van der Waals surface area contributed by atoms with Crippen molar-refractivity contribution >= 4 is 29.3 Å². The largest absolute Gasteiger partial charge is 0.416 e. The molecule has 0 amide bonds. The van der Waals surface area contributed by atoms with Gasteiger partial charge >= 0.3 is 0 Å². The van der Waals surface area contributed by atoms with Crippen molar-refractivity contribution < 1.29 is 17.0 Å². The lowest BCUT2D eigenvalue weighted by atomic mass is 10.1. The number of rotatable bonds is 9. The van der Waals surface area contributed by atoms with E-state index in [1.54, 1.807) is 24.3 Å². The van der Waals surface area contributed by atoms with Crippen molar-refractivity contribution in [2.45, 2.75) is 63.7 Å². The average Bonchev–Trinajstić information content (AvgIpc) is 3.05. The van der Waals surface area contributed by atoms with E-state index >= 15 is 0 Å². The summed E-state index contributed by atoms with van der Waals surface area (Å²) in [5, 5.41) is 1.36. The maximum Gasteiger partial charge on any atom is 0.297 e. The fourth-order valence-corrected chi connectivity index (χ4v) is 5.30. The van der Waals surface area contributed by atoms with Crippen LogP contribution in [0.2, 0.25) is 18.1 Å². The van der Waals surface area contributed by atoms with Crippen molar-refractivity contribution in [1.29, 1.82) is 0 Å². The molecular formula is C25H35NO4SSi. The highest BCUT2D eigenvalue weighted by atomic mass is 32.2. The zero-order valence-corrected chi connectivity index (χ0v) is 21.8. The number of fused-ring (bicyclic) bond motifs is 1. The fourth-order valence-electron chi connectivity index (χ4n) is 3.36. The highest BCUT2D eigenvalue weighted by Crippen LogP contribution is 2.36. The zero-order chi connectivity index (χ0) is 23.6. The van der Waals surface area contributed by atoms with E-state index in [2.05, 4.69) is 56.8 Å². The molecule has 0 spiro atoms. The molecule has 5 nitrogen and oxygen atoms in total. The lowest BCUT2D eigenvalue weighted by Crippen LogP contribution is -2.41. The number of aryl methyl sites for hydroxylation is 1. The van der Waals surface area contributed by atoms with Crippen LogP contribution in [0, 0.1) is 6.92 Å². The van der Waals surface area contributed by atoms with Crippen molar-refractivity contribution in [2.75, 3.05) is 13.2 Å². The third kappa shape index (κ3) is 5.70. The van der Waals surface area contributed by atoms with Crippen LogP contribution in [0.25, 0.3) is 10.9 Å². The average molecular weight is 474 g/mol. The minimum atomic E-state index is -3.77. The van der Waals surface area contributed by atoms with E-state index in [0.29, 0.717) is 13.2 Å². The van der Waals surface area contributed by atoms with Gasteiger partial charge in [0, 0.05) is 30.3 Å². The Hall–Kier alpha value is -1.93. The minimum Gasteiger partial charge on any atom is -0.416 e. The molecule has 0 aliphatic heterocycles. The first-order valence-electron chi connectivity index (χ1n) is 11.1. The van der Waals surface area contributed by atoms with Crippen molar-refractivity contribution in [3.8, 4) is 0 Å². The molecule has 7 heteroatoms. The molecular weight excluding hydrogens is 438 g/mol. The molecule has 0 bridgehead atoms. The predicted molar refractivity (Wildman–Crippen MR) is 133 cm³/mol. The Morgan fingerprint density at radius 1 is 0.969 bits per heavy atom. The number of benzene rings is 2. The minimum absolute atomic E-state index is 0.0782. The Morgan fingerprint density at radius 3 is 2.28 bits per heavy atom. The molecule has 32 heavy (non-hydrogen) atoms. The van der Waals surface area contributed by atoms with Gasteiger partial charge in [-0.2, -0.15) is 8.42 Å². The number of para-hydroxylation sites is 1. The van der Waals surface area contributed by atoms with Gasteiger partial charge in [-0.15, -0.1) is 0 Å². The van der Waals surface area contributed by atoms with E-state index in [4.69, 9.17) is 8.61 Å². The van der Waals surface area contributed by atoms with Crippen LogP contribution in [-0.4, -0.2) is 34.5 Å². The molecule has 0 aliphatic rings. The number of hydrogen-bond donors (Lipinski definition) is 0. The Labute approximate surface area is 193 Å². The first-order valence-corrected chi connectivity index (χ1v) is 15.4. The van der Waals surface area contributed by atoms with Gasteiger partial charge in [0.25, 0.3) is 10.1 Å². The van der Waals surface area contributed by atoms with Crippen LogP contribution in [0.3, 0.4) is 0 Å². The third-order valence-corrected chi connectivity index (χ3v) is 12.3. The van der Waals surface area contributed by atoms with Gasteiger partial charge in [-0.3, -0.25) is 4.18 Å². The van der Waals surface area contributed by atoms with E-state index in [-0.39, 0.29) is 16.5 Å². The predicted octanol–water partition coefficient (Wildman–Crippen LogP) is 5.92. The summed E-state index contributed by atoms with van der Waals surface area (Å²) in [7, 11) is -5.56. The summed E-state index contributed by atoms with van der Waals surface area (Å²) in [5.41, 5.74) is 3.29. The van der Waals surface area contributed by atoms with Crippen LogP contribution in [-0.2, 0) is 31.7 Å². The van der Waals surface area contributed by atoms with Crippen molar-refractivity contribution in [2.24, 2.45) is 0 Å². The second kappa shape index (κ2) is 9.51. The normalized spacial score (nSPS) is 13.1. The Kier molecular flexibility index (Phi) is 7.34. The van der Waals surface area contributed by atoms with E-state index < -0.39 is 18.4 Å². The molecule has 0 fully saturated rings. The summed E-state index contributed by atoms with van der Waals surface area (Å²) in [4.78, 5) is 0.184. The SMILES string of the molecule is Cc1ccc(S(=O)(=O)OCCn2cc(CCO[Si](C)(C)C(C)(C)C)c3ccccc32)cc1. The van der Waals surface area contributed by atoms with Crippen LogP contribution in [0.4, 0.5) is 0 Å². The van der Waals surface area contributed by atoms with E-state index in [1.165, 1.54) is 10.9 Å². The summed E-state index contributed by atoms with van der Waals surface area (Å²) >= 11 is 0. The lowest BCUT2D eigenvalue weighted by molar-refractivity contribution is 0.292. The molecule has 0 aliphatic carbocycles. The molecule has 0 radical (unpaired) electrons. The fraction of sp³-hybridized carbons (Fsp3) is 0.440. The van der Waals surface area contributed by atoms with Crippen molar-refractivity contribution in [1.82, 2.24) is 4.57 Å². The van der Waals surface area contributed by atoms with Crippen LogP contribution in [0.1, 0.15) is 31.9 Å². The number of nitrogens with zero attached hydrogens (tertiary/aromatic N) is 1. The molecule has 0 saturated heterocycles. The zero-order valence-electron chi connectivity index (χ0n) is 20.0. The van der Waals surface area contributed by atoms with E-state index in [9.17, 15) is 8.42 Å². The van der Waals surface area contributed by atoms with Gasteiger partial charge in [-0.25, -0.2) is 0 Å². The Balaban J connectivity index is 1.68. The summed E-state index contributed by atoms with van der Waals surface area (Å²) in [6.45, 7) is 14.4. The second-order valence-corrected chi connectivity index (χ2v) is 16.2. The summed E-state index contributed by atoms with van der Waals surface area (Å²) < 4.78 is 38.7. The second-order valence-electron chi connectivity index (χ2n) is 9.81. The first kappa shape index (κ1) is 24.7. The molecule has 2 aromatic carbocycles. The molecule has 3 rings (SSSR count). The molecule has 1 heterocycles. The highest BCUT2D eigenvalue weighted by Gasteiger charge is 2.36. The molecule has 1 aromatic heterocycles. The molecule has 3 aromatic rings. The van der Waals surface area contributed by atoms with Crippen LogP contribution in [0.5, 0.6) is 0 Å². The summed E-state index contributed by atoms with van der Waals surface area (Å²) in [5.74, 6) is 0. The van der Waals surface area contributed by atoms with Gasteiger partial charge < -0.3 is 8.99 Å². The number of aromatic nitrogens is 1. The van der Waals surface area contributed by atoms with Gasteiger partial charge in [0.05, 0.1) is 11.5 Å². The molecule has 0 N–H and O–H groups in total. The summed E-state index contributed by atoms with van der Waals surface area (Å²) in [6.07, 6.45) is 2.92. The van der Waals surface area contributed by atoms with Gasteiger partial charge in [0.1, 0.15) is 0 Å². The first-order chi connectivity index (χ1) is 14.9. The third-order valence-electron chi connectivity index (χ3n) is 6.39. The van der Waals surface area contributed by atoms with E-state index in [0.717, 1.165) is 17.5 Å². The van der Waals surface area contributed by atoms with Gasteiger partial charge in [-0.1, -0.05) is 56.7 Å². The molecule has 174 valence electrons. The van der Waals surface area contributed by atoms with Crippen LogP contribution < -0.4 is 0 Å². The monoisotopic (exact) mass is 473 g/mol. The van der Waals surface area contributed by atoms with Gasteiger partial charge in [0.2, 0.25) is 0 Å². The highest BCUT2D eigenvalue weighted by molar-refractivity contribution is 7.86. The van der Waals surface area contributed by atoms with Crippen molar-refractivity contribution in [3.63, 3.8) is 0 Å². The van der Waals surface area contributed by atoms with E-state index in [1.807, 2.05) is 19.1 Å². The standard InChI is InChI=1S/C25H35NO4SSi/c1-20-11-13-22(14-12-20)31(27,28)29-18-16-26-19-21(23-9-7-8-10-24(23)26)15-17-30-32(5,6)25(2,3)4/h7-14,19H,15-18H2,1-6H3. The Morgan fingerprint density at radius 2 is 1.62 bits per heavy atom. The molecule has 0 unspecified atom stereocenters. The quantitative estimate of drug-likeness (QED) is 0.286. The maximum absolute atomic E-state index is 12.5. The number of hydrogen-bond acceptors (Lipinski definition) is 4.